The van der Waals surface area contributed by atoms with E-state index in [0.717, 1.165) is 27.6 Å². The van der Waals surface area contributed by atoms with Gasteiger partial charge in [0.2, 0.25) is 0 Å². The van der Waals surface area contributed by atoms with Crippen molar-refractivity contribution in [1.82, 2.24) is 15.0 Å². The van der Waals surface area contributed by atoms with Gasteiger partial charge in [0.1, 0.15) is 17.4 Å². The van der Waals surface area contributed by atoms with Crippen molar-refractivity contribution in [2.75, 3.05) is 19.5 Å². The molecule has 0 aliphatic rings. The van der Waals surface area contributed by atoms with Gasteiger partial charge in [-0.1, -0.05) is 23.7 Å². The Morgan fingerprint density at radius 1 is 1.04 bits per heavy atom. The average Bonchev–Trinajstić information content (AvgIpc) is 3.01. The van der Waals surface area contributed by atoms with E-state index in [2.05, 4.69) is 20.3 Å². The third-order valence-electron chi connectivity index (χ3n) is 4.01. The van der Waals surface area contributed by atoms with E-state index in [-0.39, 0.29) is 0 Å². The first-order valence-electron chi connectivity index (χ1n) is 7.61. The number of nitrogens with one attached hydrogen (secondary N) is 2. The maximum atomic E-state index is 6.23. The second kappa shape index (κ2) is 6.14. The zero-order chi connectivity index (χ0) is 17.4. The van der Waals surface area contributed by atoms with Crippen molar-refractivity contribution in [3.63, 3.8) is 0 Å². The molecule has 4 aromatic rings. The van der Waals surface area contributed by atoms with Gasteiger partial charge in [-0.2, -0.15) is 0 Å². The topological polar surface area (TPSA) is 72.1 Å². The van der Waals surface area contributed by atoms with Crippen LogP contribution in [0.1, 0.15) is 0 Å². The van der Waals surface area contributed by atoms with Gasteiger partial charge < -0.3 is 19.8 Å². The molecular weight excluding hydrogens is 340 g/mol. The fraction of sp³-hybridized carbons (Fsp3) is 0.111. The van der Waals surface area contributed by atoms with Gasteiger partial charge >= 0.3 is 0 Å². The molecule has 2 aromatic heterocycles. The Kier molecular flexibility index (Phi) is 3.82. The van der Waals surface area contributed by atoms with Gasteiger partial charge in [0.15, 0.2) is 17.3 Å². The van der Waals surface area contributed by atoms with Crippen LogP contribution in [0.2, 0.25) is 5.02 Å². The van der Waals surface area contributed by atoms with Crippen LogP contribution in [-0.2, 0) is 0 Å². The highest BCUT2D eigenvalue weighted by Crippen LogP contribution is 2.37. The molecule has 4 rings (SSSR count). The summed E-state index contributed by atoms with van der Waals surface area (Å²) in [6.45, 7) is 0. The summed E-state index contributed by atoms with van der Waals surface area (Å²) in [4.78, 5) is 12.1. The lowest BCUT2D eigenvalue weighted by atomic mass is 10.2. The van der Waals surface area contributed by atoms with Crippen molar-refractivity contribution in [2.45, 2.75) is 0 Å². The van der Waals surface area contributed by atoms with Crippen LogP contribution < -0.4 is 14.8 Å². The zero-order valence-corrected chi connectivity index (χ0v) is 14.4. The second-order valence-electron chi connectivity index (χ2n) is 5.43. The molecule has 0 spiro atoms. The number of methoxy groups -OCH3 is 2. The van der Waals surface area contributed by atoms with Crippen LogP contribution in [0.5, 0.6) is 11.5 Å². The van der Waals surface area contributed by atoms with Crippen molar-refractivity contribution in [1.29, 1.82) is 0 Å². The number of hydrogen-bond acceptors (Lipinski definition) is 5. The molecule has 0 unspecified atom stereocenters. The minimum absolute atomic E-state index is 0.619. The van der Waals surface area contributed by atoms with E-state index in [4.69, 9.17) is 21.1 Å². The fourth-order valence-electron chi connectivity index (χ4n) is 2.81. The number of halogens is 1. The molecule has 2 heterocycles. The lowest BCUT2D eigenvalue weighted by Gasteiger charge is -2.07. The zero-order valence-electron chi connectivity index (χ0n) is 13.6. The Labute approximate surface area is 148 Å². The van der Waals surface area contributed by atoms with Crippen LogP contribution in [0.25, 0.3) is 21.9 Å². The van der Waals surface area contributed by atoms with Crippen LogP contribution in [0.4, 0.5) is 11.5 Å². The summed E-state index contributed by atoms with van der Waals surface area (Å²) in [7, 11) is 3.22. The van der Waals surface area contributed by atoms with E-state index in [1.54, 1.807) is 14.2 Å². The summed E-state index contributed by atoms with van der Waals surface area (Å²) >= 11 is 6.23. The van der Waals surface area contributed by atoms with Crippen molar-refractivity contribution >= 4 is 45.0 Å². The van der Waals surface area contributed by atoms with Crippen LogP contribution >= 0.6 is 11.6 Å². The van der Waals surface area contributed by atoms with E-state index < -0.39 is 0 Å². The lowest BCUT2D eigenvalue weighted by molar-refractivity contribution is 0.356. The lowest BCUT2D eigenvalue weighted by Crippen LogP contribution is -1.96. The molecule has 0 fully saturated rings. The first-order chi connectivity index (χ1) is 12.2. The maximum Gasteiger partial charge on any atom is 0.162 e. The van der Waals surface area contributed by atoms with Gasteiger partial charge in [0.05, 0.1) is 30.4 Å². The van der Waals surface area contributed by atoms with Crippen molar-refractivity contribution in [2.24, 2.45) is 0 Å². The monoisotopic (exact) mass is 354 g/mol. The molecule has 2 aromatic carbocycles. The van der Waals surface area contributed by atoms with Gasteiger partial charge in [-0.05, 0) is 18.2 Å². The maximum absolute atomic E-state index is 6.23. The standard InChI is InChI=1S/C18H15ClN4O2/c1-24-14-7-10-13(8-15(14)25-2)22-17-16(10)20-9-21-18(17)23-12-6-4-3-5-11(12)19/h3-9,22H,1-2H3,(H,20,21,23). The highest BCUT2D eigenvalue weighted by Gasteiger charge is 2.15. The third kappa shape index (κ3) is 2.60. The number of nitrogens with zero attached hydrogens (tertiary/aromatic N) is 2. The predicted octanol–water partition coefficient (Wildman–Crippen LogP) is 4.53. The SMILES string of the molecule is COc1cc2[nH]c3c(Nc4ccccc4Cl)ncnc3c2cc1OC. The van der Waals surface area contributed by atoms with Gasteiger partial charge in [0.25, 0.3) is 0 Å². The van der Waals surface area contributed by atoms with E-state index in [0.29, 0.717) is 22.3 Å². The molecule has 0 atom stereocenters. The third-order valence-corrected chi connectivity index (χ3v) is 4.34. The highest BCUT2D eigenvalue weighted by atomic mass is 35.5. The minimum Gasteiger partial charge on any atom is -0.493 e. The average molecular weight is 355 g/mol. The Hall–Kier alpha value is -2.99. The predicted molar refractivity (Wildman–Crippen MR) is 99.2 cm³/mol. The van der Waals surface area contributed by atoms with Crippen molar-refractivity contribution < 1.29 is 9.47 Å². The largest absolute Gasteiger partial charge is 0.493 e. The Balaban J connectivity index is 1.91. The number of fused-ring (bicyclic) bond motifs is 3. The van der Waals surface area contributed by atoms with E-state index in [9.17, 15) is 0 Å². The Morgan fingerprint density at radius 3 is 2.56 bits per heavy atom. The number of hydrogen-bond donors (Lipinski definition) is 2. The number of para-hydroxylation sites is 1. The van der Waals surface area contributed by atoms with E-state index in [1.165, 1.54) is 6.33 Å². The highest BCUT2D eigenvalue weighted by molar-refractivity contribution is 6.33. The van der Waals surface area contributed by atoms with Crippen molar-refractivity contribution in [3.8, 4) is 11.5 Å². The number of rotatable bonds is 4. The normalized spacial score (nSPS) is 11.0. The number of anilines is 2. The molecule has 6 nitrogen and oxygen atoms in total. The number of ether oxygens (including phenoxy) is 2. The van der Waals surface area contributed by atoms with Gasteiger partial charge in [-0.15, -0.1) is 0 Å². The molecule has 0 aliphatic heterocycles. The summed E-state index contributed by atoms with van der Waals surface area (Å²) in [5, 5.41) is 4.80. The summed E-state index contributed by atoms with van der Waals surface area (Å²) in [6, 6.07) is 11.3. The molecule has 2 N–H and O–H groups in total. The summed E-state index contributed by atoms with van der Waals surface area (Å²) in [5.41, 5.74) is 3.24. The minimum atomic E-state index is 0.619. The molecule has 7 heteroatoms. The first kappa shape index (κ1) is 15.5. The quantitative estimate of drug-likeness (QED) is 0.563. The molecule has 126 valence electrons. The molecule has 0 radical (unpaired) electrons. The fourth-order valence-corrected chi connectivity index (χ4v) is 2.99. The molecule has 0 aliphatic carbocycles. The molecular formula is C18H15ClN4O2. The molecule has 0 saturated carbocycles. The van der Waals surface area contributed by atoms with Crippen molar-refractivity contribution in [3.05, 3.63) is 47.7 Å². The summed E-state index contributed by atoms with van der Waals surface area (Å²) < 4.78 is 10.8. The first-order valence-corrected chi connectivity index (χ1v) is 7.99. The van der Waals surface area contributed by atoms with Crippen LogP contribution in [0.15, 0.2) is 42.7 Å². The molecule has 0 saturated heterocycles. The van der Waals surface area contributed by atoms with E-state index >= 15 is 0 Å². The number of H-pyrrole nitrogens is 1. The van der Waals surface area contributed by atoms with Gasteiger partial charge in [-0.3, -0.25) is 0 Å². The number of aromatic nitrogens is 3. The van der Waals surface area contributed by atoms with Crippen LogP contribution in [-0.4, -0.2) is 29.2 Å². The van der Waals surface area contributed by atoms with Crippen LogP contribution in [0, 0.1) is 0 Å². The number of aromatic amines is 1. The Bertz CT molecular complexity index is 1080. The van der Waals surface area contributed by atoms with E-state index in [1.807, 2.05) is 36.4 Å². The van der Waals surface area contributed by atoms with Gasteiger partial charge in [-0.25, -0.2) is 9.97 Å². The smallest absolute Gasteiger partial charge is 0.162 e. The molecule has 0 bridgehead atoms. The molecule has 25 heavy (non-hydrogen) atoms. The second-order valence-corrected chi connectivity index (χ2v) is 5.84. The summed E-state index contributed by atoms with van der Waals surface area (Å²) in [6.07, 6.45) is 1.52. The number of benzene rings is 2. The van der Waals surface area contributed by atoms with Gasteiger partial charge in [0, 0.05) is 11.5 Å². The van der Waals surface area contributed by atoms with Crippen LogP contribution in [0.3, 0.4) is 0 Å². The molecule has 0 amide bonds. The Morgan fingerprint density at radius 2 is 1.80 bits per heavy atom. The summed E-state index contributed by atoms with van der Waals surface area (Å²) in [5.74, 6) is 1.94.